The monoisotopic (exact) mass is 255 g/mol. The summed E-state index contributed by atoms with van der Waals surface area (Å²) in [5.74, 6) is 0. The Hall–Kier alpha value is -1.77. The normalized spacial score (nSPS) is 13.4. The van der Waals surface area contributed by atoms with Gasteiger partial charge in [0.1, 0.15) is 0 Å². The van der Waals surface area contributed by atoms with E-state index < -0.39 is 0 Å². The maximum atomic E-state index is 4.67. The molecular formula is C16H21N3. The molecule has 0 saturated heterocycles. The molecule has 3 heteroatoms. The van der Waals surface area contributed by atoms with Crippen molar-refractivity contribution in [1.29, 1.82) is 0 Å². The highest BCUT2D eigenvalue weighted by atomic mass is 15.3. The van der Waals surface area contributed by atoms with Crippen molar-refractivity contribution in [3.63, 3.8) is 0 Å². The van der Waals surface area contributed by atoms with Crippen LogP contribution in [0.1, 0.15) is 30.3 Å². The number of hydrogen-bond donors (Lipinski definition) is 1. The summed E-state index contributed by atoms with van der Waals surface area (Å²) in [4.78, 5) is 0. The van der Waals surface area contributed by atoms with E-state index in [-0.39, 0.29) is 0 Å². The van der Waals surface area contributed by atoms with Crippen LogP contribution in [-0.2, 0) is 13.0 Å². The van der Waals surface area contributed by atoms with Crippen molar-refractivity contribution < 1.29 is 0 Å². The van der Waals surface area contributed by atoms with Gasteiger partial charge < -0.3 is 5.32 Å². The lowest BCUT2D eigenvalue weighted by molar-refractivity contribution is 0.583. The van der Waals surface area contributed by atoms with Crippen molar-refractivity contribution in [3.05, 3.63) is 35.2 Å². The van der Waals surface area contributed by atoms with Gasteiger partial charge in [-0.15, -0.1) is 0 Å². The summed E-state index contributed by atoms with van der Waals surface area (Å²) in [7, 11) is 0. The van der Waals surface area contributed by atoms with Gasteiger partial charge in [0, 0.05) is 30.0 Å². The molecule has 100 valence electrons. The van der Waals surface area contributed by atoms with Gasteiger partial charge in [0.2, 0.25) is 0 Å². The van der Waals surface area contributed by atoms with E-state index in [4.69, 9.17) is 0 Å². The summed E-state index contributed by atoms with van der Waals surface area (Å²) in [6.45, 7) is 8.54. The predicted octanol–water partition coefficient (Wildman–Crippen LogP) is 3.54. The van der Waals surface area contributed by atoms with Gasteiger partial charge in [-0.3, -0.25) is 4.68 Å². The SMILES string of the molecule is CCCn1nc(C)c(-c2ccc3c(c2)CCN3)c1C. The van der Waals surface area contributed by atoms with Crippen molar-refractivity contribution in [2.24, 2.45) is 0 Å². The maximum absolute atomic E-state index is 4.67. The van der Waals surface area contributed by atoms with E-state index >= 15 is 0 Å². The highest BCUT2D eigenvalue weighted by molar-refractivity contribution is 5.73. The fourth-order valence-electron chi connectivity index (χ4n) is 3.00. The standard InChI is InChI=1S/C16H21N3/c1-4-9-19-12(3)16(11(2)18-19)14-5-6-15-13(10-14)7-8-17-15/h5-6,10,17H,4,7-9H2,1-3H3. The molecule has 0 amide bonds. The lowest BCUT2D eigenvalue weighted by Gasteiger charge is -2.06. The minimum Gasteiger partial charge on any atom is -0.384 e. The third-order valence-corrected chi connectivity index (χ3v) is 3.92. The van der Waals surface area contributed by atoms with Gasteiger partial charge in [0.15, 0.2) is 0 Å². The van der Waals surface area contributed by atoms with Crippen LogP contribution in [0.25, 0.3) is 11.1 Å². The summed E-state index contributed by atoms with van der Waals surface area (Å²) in [6.07, 6.45) is 2.25. The summed E-state index contributed by atoms with van der Waals surface area (Å²) in [5.41, 5.74) is 7.75. The third kappa shape index (κ3) is 2.03. The molecule has 0 fully saturated rings. The first-order valence-corrected chi connectivity index (χ1v) is 7.12. The Bertz CT molecular complexity index is 611. The Labute approximate surface area is 114 Å². The van der Waals surface area contributed by atoms with E-state index in [2.05, 4.69) is 54.1 Å². The molecule has 3 rings (SSSR count). The van der Waals surface area contributed by atoms with Crippen LogP contribution >= 0.6 is 0 Å². The van der Waals surface area contributed by atoms with Crippen LogP contribution in [-0.4, -0.2) is 16.3 Å². The minimum absolute atomic E-state index is 0.999. The van der Waals surface area contributed by atoms with Crippen molar-refractivity contribution in [2.75, 3.05) is 11.9 Å². The Morgan fingerprint density at radius 1 is 1.32 bits per heavy atom. The van der Waals surface area contributed by atoms with E-state index in [1.807, 2.05) is 0 Å². The van der Waals surface area contributed by atoms with Crippen LogP contribution in [0.5, 0.6) is 0 Å². The van der Waals surface area contributed by atoms with Gasteiger partial charge in [-0.2, -0.15) is 5.10 Å². The molecule has 0 atom stereocenters. The topological polar surface area (TPSA) is 29.9 Å². The van der Waals surface area contributed by atoms with Crippen molar-refractivity contribution in [2.45, 2.75) is 40.2 Å². The van der Waals surface area contributed by atoms with E-state index in [9.17, 15) is 0 Å². The van der Waals surface area contributed by atoms with E-state index in [0.717, 1.165) is 31.6 Å². The van der Waals surface area contributed by atoms with Gasteiger partial charge in [-0.25, -0.2) is 0 Å². The van der Waals surface area contributed by atoms with Crippen molar-refractivity contribution in [3.8, 4) is 11.1 Å². The third-order valence-electron chi connectivity index (χ3n) is 3.92. The van der Waals surface area contributed by atoms with E-state index in [0.29, 0.717) is 0 Å². The van der Waals surface area contributed by atoms with Crippen LogP contribution in [0.3, 0.4) is 0 Å². The summed E-state index contributed by atoms with van der Waals surface area (Å²) < 4.78 is 2.14. The van der Waals surface area contributed by atoms with Gasteiger partial charge in [-0.05, 0) is 49.9 Å². The molecule has 0 aliphatic carbocycles. The Morgan fingerprint density at radius 2 is 2.16 bits per heavy atom. The van der Waals surface area contributed by atoms with Crippen molar-refractivity contribution in [1.82, 2.24) is 9.78 Å². The number of nitrogens with one attached hydrogen (secondary N) is 1. The van der Waals surface area contributed by atoms with Gasteiger partial charge in [0.05, 0.1) is 5.69 Å². The molecular weight excluding hydrogens is 234 g/mol. The Kier molecular flexibility index (Phi) is 3.05. The summed E-state index contributed by atoms with van der Waals surface area (Å²) >= 11 is 0. The zero-order valence-corrected chi connectivity index (χ0v) is 12.0. The first kappa shape index (κ1) is 12.3. The van der Waals surface area contributed by atoms with E-state index in [1.165, 1.54) is 28.1 Å². The second-order valence-electron chi connectivity index (χ2n) is 5.32. The quantitative estimate of drug-likeness (QED) is 0.909. The molecule has 0 spiro atoms. The first-order chi connectivity index (χ1) is 9.20. The van der Waals surface area contributed by atoms with Crippen molar-refractivity contribution >= 4 is 5.69 Å². The molecule has 0 unspecified atom stereocenters. The highest BCUT2D eigenvalue weighted by Crippen LogP contribution is 2.32. The summed E-state index contributed by atoms with van der Waals surface area (Å²) in [5, 5.41) is 8.08. The first-order valence-electron chi connectivity index (χ1n) is 7.12. The second-order valence-corrected chi connectivity index (χ2v) is 5.32. The number of nitrogens with zero attached hydrogens (tertiary/aromatic N) is 2. The molecule has 0 saturated carbocycles. The summed E-state index contributed by atoms with van der Waals surface area (Å²) in [6, 6.07) is 6.74. The van der Waals surface area contributed by atoms with Crippen LogP contribution in [0.15, 0.2) is 18.2 Å². The number of fused-ring (bicyclic) bond motifs is 1. The zero-order chi connectivity index (χ0) is 13.4. The highest BCUT2D eigenvalue weighted by Gasteiger charge is 2.16. The number of aromatic nitrogens is 2. The molecule has 1 aromatic carbocycles. The van der Waals surface area contributed by atoms with Crippen LogP contribution in [0.2, 0.25) is 0 Å². The van der Waals surface area contributed by atoms with Crippen LogP contribution < -0.4 is 5.32 Å². The molecule has 19 heavy (non-hydrogen) atoms. The van der Waals surface area contributed by atoms with E-state index in [1.54, 1.807) is 0 Å². The molecule has 1 aliphatic rings. The molecule has 3 nitrogen and oxygen atoms in total. The predicted molar refractivity (Wildman–Crippen MR) is 79.6 cm³/mol. The van der Waals surface area contributed by atoms with Gasteiger partial charge in [0.25, 0.3) is 0 Å². The molecule has 0 radical (unpaired) electrons. The van der Waals surface area contributed by atoms with Gasteiger partial charge in [-0.1, -0.05) is 13.0 Å². The fraction of sp³-hybridized carbons (Fsp3) is 0.438. The number of anilines is 1. The second kappa shape index (κ2) is 4.72. The molecule has 1 N–H and O–H groups in total. The average Bonchev–Trinajstić information content (AvgIpc) is 2.95. The number of benzene rings is 1. The fourth-order valence-corrected chi connectivity index (χ4v) is 3.00. The number of rotatable bonds is 3. The smallest absolute Gasteiger partial charge is 0.0674 e. The largest absolute Gasteiger partial charge is 0.384 e. The molecule has 0 bridgehead atoms. The maximum Gasteiger partial charge on any atom is 0.0674 e. The molecule has 1 aromatic heterocycles. The molecule has 2 heterocycles. The lowest BCUT2D eigenvalue weighted by Crippen LogP contribution is -2.01. The number of aryl methyl sites for hydroxylation is 2. The molecule has 1 aliphatic heterocycles. The molecule has 2 aromatic rings. The number of hydrogen-bond acceptors (Lipinski definition) is 2. The van der Waals surface area contributed by atoms with Crippen LogP contribution in [0, 0.1) is 13.8 Å². The van der Waals surface area contributed by atoms with Crippen LogP contribution in [0.4, 0.5) is 5.69 Å². The Morgan fingerprint density at radius 3 is 2.95 bits per heavy atom. The minimum atomic E-state index is 0.999. The average molecular weight is 255 g/mol. The lowest BCUT2D eigenvalue weighted by atomic mass is 10.0. The van der Waals surface area contributed by atoms with Gasteiger partial charge >= 0.3 is 0 Å². The zero-order valence-electron chi connectivity index (χ0n) is 12.0. The Balaban J connectivity index is 2.07.